The van der Waals surface area contributed by atoms with Crippen molar-refractivity contribution in [2.75, 3.05) is 27.8 Å². The Morgan fingerprint density at radius 3 is 2.32 bits per heavy atom. The summed E-state index contributed by atoms with van der Waals surface area (Å²) in [5.74, 6) is -0.460. The van der Waals surface area contributed by atoms with Crippen LogP contribution in [0.3, 0.4) is 0 Å². The van der Waals surface area contributed by atoms with Crippen molar-refractivity contribution in [1.29, 1.82) is 0 Å². The summed E-state index contributed by atoms with van der Waals surface area (Å²) < 4.78 is 49.1. The Labute approximate surface area is 109 Å². The van der Waals surface area contributed by atoms with Crippen molar-refractivity contribution < 1.29 is 27.8 Å². The summed E-state index contributed by atoms with van der Waals surface area (Å²) in [6, 6.07) is 2.52. The van der Waals surface area contributed by atoms with Crippen LogP contribution >= 0.6 is 0 Å². The monoisotopic (exact) mass is 279 g/mol. The molecular formula is C12H16F3NO3. The molecular weight excluding hydrogens is 263 g/mol. The molecule has 0 aromatic heterocycles. The van der Waals surface area contributed by atoms with E-state index in [1.54, 1.807) is 0 Å². The predicted octanol–water partition coefficient (Wildman–Crippen LogP) is 1.98. The van der Waals surface area contributed by atoms with E-state index in [-0.39, 0.29) is 17.9 Å². The molecule has 1 aromatic rings. The maximum atomic E-state index is 13.1. The van der Waals surface area contributed by atoms with Gasteiger partial charge < -0.3 is 19.9 Å². The molecule has 0 unspecified atom stereocenters. The maximum Gasteiger partial charge on any atom is 0.420 e. The van der Waals surface area contributed by atoms with Crippen molar-refractivity contribution in [3.8, 4) is 11.5 Å². The normalized spacial score (nSPS) is 13.2. The lowest BCUT2D eigenvalue weighted by atomic mass is 10.00. The molecule has 0 saturated heterocycles. The topological polar surface area (TPSA) is 50.7 Å². The van der Waals surface area contributed by atoms with E-state index in [0.29, 0.717) is 0 Å². The third-order valence-electron chi connectivity index (χ3n) is 2.62. The van der Waals surface area contributed by atoms with E-state index < -0.39 is 23.6 Å². The number of alkyl halides is 3. The number of hydrogen-bond donors (Lipinski definition) is 2. The first-order valence-corrected chi connectivity index (χ1v) is 5.51. The minimum atomic E-state index is -4.65. The summed E-state index contributed by atoms with van der Waals surface area (Å²) in [5.41, 5.74) is -1.27. The van der Waals surface area contributed by atoms with Gasteiger partial charge in [-0.3, -0.25) is 0 Å². The van der Waals surface area contributed by atoms with Crippen molar-refractivity contribution in [1.82, 2.24) is 5.32 Å². The van der Waals surface area contributed by atoms with Gasteiger partial charge >= 0.3 is 6.18 Å². The summed E-state index contributed by atoms with van der Waals surface area (Å²) in [5, 5.41) is 12.4. The van der Waals surface area contributed by atoms with Crippen molar-refractivity contribution in [2.45, 2.75) is 12.3 Å². The highest BCUT2D eigenvalue weighted by atomic mass is 19.4. The minimum Gasteiger partial charge on any atom is -0.493 e. The van der Waals surface area contributed by atoms with Gasteiger partial charge in [0.1, 0.15) is 5.56 Å². The quantitative estimate of drug-likeness (QED) is 0.865. The van der Waals surface area contributed by atoms with Crippen LogP contribution in [0.5, 0.6) is 11.5 Å². The smallest absolute Gasteiger partial charge is 0.420 e. The Kier molecular flexibility index (Phi) is 5.02. The fraction of sp³-hybridized carbons (Fsp3) is 0.500. The molecule has 2 N–H and O–H groups in total. The average molecular weight is 279 g/mol. The van der Waals surface area contributed by atoms with Crippen molar-refractivity contribution >= 4 is 0 Å². The number of ether oxygens (including phenoxy) is 2. The second-order valence-electron chi connectivity index (χ2n) is 3.84. The molecule has 0 fully saturated rings. The molecule has 0 aliphatic rings. The summed E-state index contributed by atoms with van der Waals surface area (Å²) in [4.78, 5) is 0. The second kappa shape index (κ2) is 6.12. The van der Waals surface area contributed by atoms with Crippen LogP contribution in [0.25, 0.3) is 0 Å². The number of benzene rings is 1. The summed E-state index contributed by atoms with van der Waals surface area (Å²) in [7, 11) is 3.92. The fourth-order valence-corrected chi connectivity index (χ4v) is 1.82. The molecule has 0 heterocycles. The van der Waals surface area contributed by atoms with Crippen LogP contribution in [0, 0.1) is 0 Å². The third-order valence-corrected chi connectivity index (χ3v) is 2.62. The highest BCUT2D eigenvalue weighted by Crippen LogP contribution is 2.45. The molecule has 0 radical (unpaired) electrons. The first-order valence-electron chi connectivity index (χ1n) is 5.51. The molecule has 0 amide bonds. The number of aliphatic hydroxyl groups excluding tert-OH is 1. The van der Waals surface area contributed by atoms with Gasteiger partial charge in [-0.2, -0.15) is 13.2 Å². The van der Waals surface area contributed by atoms with E-state index in [1.165, 1.54) is 26.3 Å². The average Bonchev–Trinajstić information content (AvgIpc) is 2.35. The van der Waals surface area contributed by atoms with Crippen LogP contribution in [0.2, 0.25) is 0 Å². The van der Waals surface area contributed by atoms with Crippen LogP contribution in [-0.4, -0.2) is 32.9 Å². The van der Waals surface area contributed by atoms with Gasteiger partial charge in [0.05, 0.1) is 20.3 Å². The van der Waals surface area contributed by atoms with E-state index in [9.17, 15) is 18.3 Å². The van der Waals surface area contributed by atoms with Crippen LogP contribution in [0.15, 0.2) is 12.1 Å². The Balaban J connectivity index is 3.47. The first-order chi connectivity index (χ1) is 8.86. The van der Waals surface area contributed by atoms with Gasteiger partial charge in [-0.05, 0) is 18.7 Å². The zero-order chi connectivity index (χ0) is 14.6. The van der Waals surface area contributed by atoms with E-state index in [2.05, 4.69) is 5.32 Å². The number of aliphatic hydroxyl groups is 1. The Bertz CT molecular complexity index is 435. The lowest BCUT2D eigenvalue weighted by molar-refractivity contribution is -0.140. The van der Waals surface area contributed by atoms with E-state index in [0.717, 1.165) is 7.11 Å². The number of hydrogen-bond acceptors (Lipinski definition) is 4. The molecule has 4 nitrogen and oxygen atoms in total. The fourth-order valence-electron chi connectivity index (χ4n) is 1.82. The molecule has 1 atom stereocenters. The molecule has 108 valence electrons. The van der Waals surface area contributed by atoms with Crippen molar-refractivity contribution in [3.63, 3.8) is 0 Å². The van der Waals surface area contributed by atoms with E-state index in [1.807, 2.05) is 0 Å². The van der Waals surface area contributed by atoms with E-state index >= 15 is 0 Å². The molecule has 19 heavy (non-hydrogen) atoms. The number of nitrogens with one attached hydrogen (secondary N) is 1. The van der Waals surface area contributed by atoms with Gasteiger partial charge in [-0.1, -0.05) is 6.07 Å². The van der Waals surface area contributed by atoms with Crippen LogP contribution in [-0.2, 0) is 6.18 Å². The molecule has 1 aromatic carbocycles. The number of likely N-dealkylation sites (N-methyl/N-ethyl adjacent to an activating group) is 1. The highest BCUT2D eigenvalue weighted by molar-refractivity contribution is 5.53. The SMILES string of the molecule is CNC[C@@H](O)c1ccc(OC)c(OC)c1C(F)(F)F. The van der Waals surface area contributed by atoms with Gasteiger partial charge in [0, 0.05) is 6.54 Å². The van der Waals surface area contributed by atoms with Gasteiger partial charge in [0.2, 0.25) is 0 Å². The standard InChI is InChI=1S/C12H16F3NO3/c1-16-6-8(17)7-4-5-9(18-2)11(19-3)10(7)12(13,14)15/h4-5,8,16-17H,6H2,1-3H3/t8-/m1/s1. The Morgan fingerprint density at radius 2 is 1.89 bits per heavy atom. The maximum absolute atomic E-state index is 13.1. The summed E-state index contributed by atoms with van der Waals surface area (Å²) in [6.45, 7) is -0.00143. The van der Waals surface area contributed by atoms with Crippen molar-refractivity contribution in [2.24, 2.45) is 0 Å². The minimum absolute atomic E-state index is 0.00143. The third kappa shape index (κ3) is 3.30. The molecule has 0 aliphatic heterocycles. The molecule has 0 spiro atoms. The largest absolute Gasteiger partial charge is 0.493 e. The molecule has 7 heteroatoms. The Morgan fingerprint density at radius 1 is 1.26 bits per heavy atom. The van der Waals surface area contributed by atoms with Gasteiger partial charge in [0.15, 0.2) is 11.5 Å². The summed E-state index contributed by atoms with van der Waals surface area (Å²) in [6.07, 6.45) is -5.94. The van der Waals surface area contributed by atoms with Gasteiger partial charge in [0.25, 0.3) is 0 Å². The Hall–Kier alpha value is -1.47. The zero-order valence-electron chi connectivity index (χ0n) is 10.8. The number of rotatable bonds is 5. The molecule has 0 aliphatic carbocycles. The molecule has 1 rings (SSSR count). The lowest BCUT2D eigenvalue weighted by Crippen LogP contribution is -2.21. The van der Waals surface area contributed by atoms with Crippen LogP contribution < -0.4 is 14.8 Å². The highest BCUT2D eigenvalue weighted by Gasteiger charge is 2.40. The summed E-state index contributed by atoms with van der Waals surface area (Å²) >= 11 is 0. The second-order valence-corrected chi connectivity index (χ2v) is 3.84. The number of halogens is 3. The van der Waals surface area contributed by atoms with Gasteiger partial charge in [-0.25, -0.2) is 0 Å². The first kappa shape index (κ1) is 15.6. The molecule has 0 bridgehead atoms. The predicted molar refractivity (Wildman–Crippen MR) is 63.4 cm³/mol. The van der Waals surface area contributed by atoms with Crippen LogP contribution in [0.1, 0.15) is 17.2 Å². The lowest BCUT2D eigenvalue weighted by Gasteiger charge is -2.21. The van der Waals surface area contributed by atoms with E-state index in [4.69, 9.17) is 9.47 Å². The zero-order valence-corrected chi connectivity index (χ0v) is 10.8. The van der Waals surface area contributed by atoms with Gasteiger partial charge in [-0.15, -0.1) is 0 Å². The molecule has 0 saturated carbocycles. The van der Waals surface area contributed by atoms with Crippen molar-refractivity contribution in [3.05, 3.63) is 23.3 Å². The van der Waals surface area contributed by atoms with Crippen LogP contribution in [0.4, 0.5) is 13.2 Å². The number of methoxy groups -OCH3 is 2.